The molecule has 15 heteroatoms. The SMILES string of the molecule is CSCCC(N)C(=O)NC(Cc1cnc[nH]1)C(=O)NC(CC(N)=O)C(=O)NC(CCCCN)C(=O)O. The van der Waals surface area contributed by atoms with Gasteiger partial charge >= 0.3 is 5.97 Å². The van der Waals surface area contributed by atoms with E-state index < -0.39 is 60.2 Å². The van der Waals surface area contributed by atoms with Gasteiger partial charge in [-0.1, -0.05) is 0 Å². The van der Waals surface area contributed by atoms with Crippen LogP contribution in [0.25, 0.3) is 0 Å². The van der Waals surface area contributed by atoms with Crippen molar-refractivity contribution in [1.82, 2.24) is 25.9 Å². The van der Waals surface area contributed by atoms with Crippen LogP contribution in [0.4, 0.5) is 0 Å². The molecule has 0 aliphatic rings. The normalized spacial score (nSPS) is 14.2. The Morgan fingerprint density at radius 3 is 2.22 bits per heavy atom. The topological polar surface area (TPSA) is 248 Å². The lowest BCUT2D eigenvalue weighted by molar-refractivity contribution is -0.142. The minimum atomic E-state index is -1.46. The van der Waals surface area contributed by atoms with Crippen LogP contribution in [0.15, 0.2) is 12.5 Å². The molecular weight excluding hydrogens is 492 g/mol. The van der Waals surface area contributed by atoms with Crippen LogP contribution in [0, 0.1) is 0 Å². The Balaban J connectivity index is 3.00. The number of nitrogens with two attached hydrogens (primary N) is 3. The number of thioether (sulfide) groups is 1. The molecule has 0 saturated heterocycles. The van der Waals surface area contributed by atoms with Gasteiger partial charge in [-0.3, -0.25) is 19.2 Å². The molecule has 1 aromatic heterocycles. The molecule has 0 aromatic carbocycles. The molecule has 14 nitrogen and oxygen atoms in total. The van der Waals surface area contributed by atoms with E-state index in [4.69, 9.17) is 17.2 Å². The maximum Gasteiger partial charge on any atom is 0.326 e. The molecule has 202 valence electrons. The number of nitrogens with one attached hydrogen (secondary N) is 4. The zero-order valence-corrected chi connectivity index (χ0v) is 21.0. The molecule has 36 heavy (non-hydrogen) atoms. The van der Waals surface area contributed by atoms with Crippen LogP contribution in [0.5, 0.6) is 0 Å². The highest BCUT2D eigenvalue weighted by molar-refractivity contribution is 7.98. The summed E-state index contributed by atoms with van der Waals surface area (Å²) in [5.41, 5.74) is 17.1. The van der Waals surface area contributed by atoms with Gasteiger partial charge < -0.3 is 43.2 Å². The van der Waals surface area contributed by atoms with Gasteiger partial charge in [0.05, 0.1) is 18.8 Å². The fourth-order valence-corrected chi connectivity index (χ4v) is 3.68. The van der Waals surface area contributed by atoms with Gasteiger partial charge in [-0.15, -0.1) is 0 Å². The molecule has 4 amide bonds. The summed E-state index contributed by atoms with van der Waals surface area (Å²) in [6.07, 6.45) is 5.67. The van der Waals surface area contributed by atoms with E-state index in [1.54, 1.807) is 0 Å². The summed E-state index contributed by atoms with van der Waals surface area (Å²) in [4.78, 5) is 68.3. The number of imidazole rings is 1. The van der Waals surface area contributed by atoms with Crippen molar-refractivity contribution in [1.29, 1.82) is 0 Å². The molecule has 1 aromatic rings. The number of aromatic amines is 1. The predicted molar refractivity (Wildman–Crippen MR) is 133 cm³/mol. The number of rotatable bonds is 18. The second-order valence-electron chi connectivity index (χ2n) is 8.15. The van der Waals surface area contributed by atoms with Crippen molar-refractivity contribution in [2.24, 2.45) is 17.2 Å². The third kappa shape index (κ3) is 11.5. The number of unbranched alkanes of at least 4 members (excludes halogenated alkanes) is 1. The Bertz CT molecular complexity index is 869. The number of aliphatic carboxylic acids is 1. The summed E-state index contributed by atoms with van der Waals surface area (Å²) in [6, 6.07) is -4.73. The van der Waals surface area contributed by atoms with E-state index in [9.17, 15) is 29.1 Å². The summed E-state index contributed by atoms with van der Waals surface area (Å²) >= 11 is 1.52. The second-order valence-corrected chi connectivity index (χ2v) is 9.13. The molecule has 1 heterocycles. The highest BCUT2D eigenvalue weighted by Crippen LogP contribution is 2.06. The van der Waals surface area contributed by atoms with E-state index in [-0.39, 0.29) is 12.8 Å². The summed E-state index contributed by atoms with van der Waals surface area (Å²) in [7, 11) is 0. The average Bonchev–Trinajstić information content (AvgIpc) is 3.33. The number of carboxylic acid groups (broad SMARTS) is 1. The summed E-state index contributed by atoms with van der Waals surface area (Å²) in [6.45, 7) is 0.366. The van der Waals surface area contributed by atoms with Crippen molar-refractivity contribution < 1.29 is 29.1 Å². The fraction of sp³-hybridized carbons (Fsp3) is 0.619. The maximum atomic E-state index is 13.1. The van der Waals surface area contributed by atoms with E-state index >= 15 is 0 Å². The first kappa shape index (κ1) is 30.9. The first-order valence-electron chi connectivity index (χ1n) is 11.4. The van der Waals surface area contributed by atoms with Crippen molar-refractivity contribution in [3.05, 3.63) is 18.2 Å². The first-order valence-corrected chi connectivity index (χ1v) is 12.8. The number of nitrogens with zero attached hydrogens (tertiary/aromatic N) is 1. The van der Waals surface area contributed by atoms with E-state index in [1.807, 2.05) is 6.26 Å². The lowest BCUT2D eigenvalue weighted by atomic mass is 10.1. The van der Waals surface area contributed by atoms with Crippen LogP contribution < -0.4 is 33.2 Å². The number of carboxylic acids is 1. The molecule has 11 N–H and O–H groups in total. The van der Waals surface area contributed by atoms with Gasteiger partial charge in [-0.05, 0) is 44.2 Å². The minimum absolute atomic E-state index is 0.00539. The first-order chi connectivity index (χ1) is 17.1. The van der Waals surface area contributed by atoms with Crippen molar-refractivity contribution in [3.8, 4) is 0 Å². The van der Waals surface area contributed by atoms with E-state index in [0.717, 1.165) is 0 Å². The monoisotopic (exact) mass is 528 g/mol. The van der Waals surface area contributed by atoms with Crippen molar-refractivity contribution in [3.63, 3.8) is 0 Å². The van der Waals surface area contributed by atoms with Crippen molar-refractivity contribution >= 4 is 41.4 Å². The van der Waals surface area contributed by atoms with Crippen LogP contribution in [0.1, 0.15) is 37.8 Å². The Morgan fingerprint density at radius 1 is 1.03 bits per heavy atom. The number of carbonyl (C=O) groups is 5. The van der Waals surface area contributed by atoms with Gasteiger partial charge in [-0.25, -0.2) is 9.78 Å². The van der Waals surface area contributed by atoms with Gasteiger partial charge in [-0.2, -0.15) is 11.8 Å². The molecule has 0 fully saturated rings. The van der Waals surface area contributed by atoms with E-state index in [1.165, 1.54) is 24.3 Å². The third-order valence-corrected chi connectivity index (χ3v) is 5.83. The zero-order chi connectivity index (χ0) is 27.1. The number of hydrogen-bond donors (Lipinski definition) is 8. The van der Waals surface area contributed by atoms with E-state index in [0.29, 0.717) is 37.3 Å². The standard InChI is InChI=1S/C21H36N8O6S/c1-36-7-5-13(23)18(31)28-15(8-12-10-25-11-26-12)19(32)29-16(9-17(24)30)20(33)27-14(21(34)35)4-2-3-6-22/h10-11,13-16H,2-9,22-23H2,1H3,(H2,24,30)(H,25,26)(H,27,33)(H,28,31)(H,29,32)(H,34,35). The number of H-pyrrole nitrogens is 1. The lowest BCUT2D eigenvalue weighted by Gasteiger charge is -2.24. The highest BCUT2D eigenvalue weighted by atomic mass is 32.2. The molecule has 0 radical (unpaired) electrons. The largest absolute Gasteiger partial charge is 0.480 e. The fourth-order valence-electron chi connectivity index (χ4n) is 3.19. The number of amides is 4. The molecular formula is C21H36N8O6S. The van der Waals surface area contributed by atoms with Gasteiger partial charge in [0.15, 0.2) is 0 Å². The molecule has 4 atom stereocenters. The number of primary amides is 1. The number of aromatic nitrogens is 2. The van der Waals surface area contributed by atoms with E-state index in [2.05, 4.69) is 25.9 Å². The molecule has 1 rings (SSSR count). The molecule has 4 unspecified atom stereocenters. The Kier molecular flexibility index (Phi) is 14.1. The predicted octanol–water partition coefficient (Wildman–Crippen LogP) is -2.42. The molecule has 0 bridgehead atoms. The molecule has 0 saturated carbocycles. The van der Waals surface area contributed by atoms with Crippen LogP contribution in [0.2, 0.25) is 0 Å². The Labute approximate surface area is 213 Å². The molecule has 0 aliphatic heterocycles. The maximum absolute atomic E-state index is 13.1. The molecule has 0 aliphatic carbocycles. The zero-order valence-electron chi connectivity index (χ0n) is 20.2. The Hall–Kier alpha value is -3.17. The summed E-state index contributed by atoms with van der Waals surface area (Å²) < 4.78 is 0. The van der Waals surface area contributed by atoms with Crippen molar-refractivity contribution in [2.45, 2.75) is 62.7 Å². The summed E-state index contributed by atoms with van der Waals surface area (Å²) in [5, 5.41) is 16.7. The van der Waals surface area contributed by atoms with Crippen LogP contribution >= 0.6 is 11.8 Å². The third-order valence-electron chi connectivity index (χ3n) is 5.18. The van der Waals surface area contributed by atoms with Crippen LogP contribution in [-0.4, -0.2) is 87.4 Å². The van der Waals surface area contributed by atoms with Gasteiger partial charge in [0.1, 0.15) is 18.1 Å². The van der Waals surface area contributed by atoms with Crippen molar-refractivity contribution in [2.75, 3.05) is 18.6 Å². The quantitative estimate of drug-likeness (QED) is 0.0936. The lowest BCUT2D eigenvalue weighted by Crippen LogP contribution is -2.58. The second kappa shape index (κ2) is 16.5. The average molecular weight is 529 g/mol. The number of hydrogen-bond acceptors (Lipinski definition) is 9. The van der Waals surface area contributed by atoms with Gasteiger partial charge in [0.2, 0.25) is 23.6 Å². The molecule has 0 spiro atoms. The van der Waals surface area contributed by atoms with Gasteiger partial charge in [0.25, 0.3) is 0 Å². The smallest absolute Gasteiger partial charge is 0.326 e. The highest BCUT2D eigenvalue weighted by Gasteiger charge is 2.31. The minimum Gasteiger partial charge on any atom is -0.480 e. The number of carbonyl (C=O) groups excluding carboxylic acids is 4. The van der Waals surface area contributed by atoms with Gasteiger partial charge in [0, 0.05) is 18.3 Å². The Morgan fingerprint density at radius 2 is 1.67 bits per heavy atom. The van der Waals surface area contributed by atoms with Crippen LogP contribution in [0.3, 0.4) is 0 Å². The summed E-state index contributed by atoms with van der Waals surface area (Å²) in [5.74, 6) is -3.77. The van der Waals surface area contributed by atoms with Crippen LogP contribution in [-0.2, 0) is 30.4 Å².